The topological polar surface area (TPSA) is 73.4 Å². The molecule has 1 N–H and O–H groups in total. The zero-order chi connectivity index (χ0) is 20.1. The molecular formula is C19H16F3N5O. The van der Waals surface area contributed by atoms with Gasteiger partial charge in [0, 0.05) is 6.54 Å². The third kappa shape index (κ3) is 3.01. The fourth-order valence-corrected chi connectivity index (χ4v) is 3.62. The van der Waals surface area contributed by atoms with Crippen LogP contribution in [0.4, 0.5) is 19.0 Å². The van der Waals surface area contributed by atoms with E-state index in [9.17, 15) is 23.2 Å². The van der Waals surface area contributed by atoms with Crippen LogP contribution in [0.3, 0.4) is 0 Å². The van der Waals surface area contributed by atoms with Crippen molar-refractivity contribution in [1.82, 2.24) is 14.3 Å². The lowest BCUT2D eigenvalue weighted by Gasteiger charge is -2.20. The van der Waals surface area contributed by atoms with Gasteiger partial charge in [0.2, 0.25) is 5.91 Å². The highest BCUT2D eigenvalue weighted by atomic mass is 19.4. The van der Waals surface area contributed by atoms with E-state index in [1.165, 1.54) is 0 Å². The highest BCUT2D eigenvalue weighted by molar-refractivity contribution is 5.89. The van der Waals surface area contributed by atoms with Crippen molar-refractivity contribution in [2.45, 2.75) is 25.6 Å². The lowest BCUT2D eigenvalue weighted by Crippen LogP contribution is -2.39. The van der Waals surface area contributed by atoms with Crippen LogP contribution in [0.1, 0.15) is 17.5 Å². The molecule has 4 rings (SSSR count). The van der Waals surface area contributed by atoms with Gasteiger partial charge in [-0.05, 0) is 37.1 Å². The van der Waals surface area contributed by atoms with Crippen molar-refractivity contribution in [3.63, 3.8) is 0 Å². The van der Waals surface area contributed by atoms with E-state index in [0.29, 0.717) is 28.1 Å². The molecule has 0 saturated carbocycles. The van der Waals surface area contributed by atoms with Gasteiger partial charge >= 0.3 is 6.18 Å². The van der Waals surface area contributed by atoms with Gasteiger partial charge in [0.25, 0.3) is 0 Å². The largest absolute Gasteiger partial charge is 0.406 e. The number of nitriles is 1. The molecule has 6 nitrogen and oxygen atoms in total. The number of halogens is 3. The average Bonchev–Trinajstić information content (AvgIpc) is 3.16. The van der Waals surface area contributed by atoms with Gasteiger partial charge in [-0.2, -0.15) is 18.4 Å². The summed E-state index contributed by atoms with van der Waals surface area (Å²) in [4.78, 5) is 17.8. The zero-order valence-corrected chi connectivity index (χ0v) is 14.9. The van der Waals surface area contributed by atoms with Crippen molar-refractivity contribution in [1.29, 1.82) is 5.26 Å². The van der Waals surface area contributed by atoms with E-state index in [-0.39, 0.29) is 13.0 Å². The SMILES string of the molecule is Cc1cc(NC2CCN(CC(F)(F)F)C2=O)n2c(nc3ccccc32)c1C#N. The molecule has 3 heterocycles. The summed E-state index contributed by atoms with van der Waals surface area (Å²) in [6.45, 7) is 0.550. The number of para-hydroxylation sites is 2. The maximum absolute atomic E-state index is 12.7. The zero-order valence-electron chi connectivity index (χ0n) is 14.9. The van der Waals surface area contributed by atoms with Gasteiger partial charge in [0.05, 0.1) is 16.6 Å². The van der Waals surface area contributed by atoms with Crippen molar-refractivity contribution >= 4 is 28.4 Å². The molecule has 1 atom stereocenters. The fraction of sp³-hybridized carbons (Fsp3) is 0.316. The van der Waals surface area contributed by atoms with Crippen molar-refractivity contribution in [3.05, 3.63) is 41.5 Å². The van der Waals surface area contributed by atoms with Crippen molar-refractivity contribution in [3.8, 4) is 6.07 Å². The highest BCUT2D eigenvalue weighted by Crippen LogP contribution is 2.28. The van der Waals surface area contributed by atoms with Gasteiger partial charge in [-0.1, -0.05) is 12.1 Å². The Hall–Kier alpha value is -3.28. The number of hydrogen-bond donors (Lipinski definition) is 1. The molecular weight excluding hydrogens is 371 g/mol. The smallest absolute Gasteiger partial charge is 0.359 e. The van der Waals surface area contributed by atoms with Crippen LogP contribution in [0.25, 0.3) is 16.7 Å². The van der Waals surface area contributed by atoms with E-state index in [2.05, 4.69) is 16.4 Å². The summed E-state index contributed by atoms with van der Waals surface area (Å²) in [5.41, 5.74) is 2.96. The number of amides is 1. The lowest BCUT2D eigenvalue weighted by atomic mass is 10.1. The number of aromatic nitrogens is 2. The number of carbonyl (C=O) groups is 1. The summed E-state index contributed by atoms with van der Waals surface area (Å²) in [5.74, 6) is -0.0654. The molecule has 3 aromatic rings. The molecule has 9 heteroatoms. The highest BCUT2D eigenvalue weighted by Gasteiger charge is 2.39. The summed E-state index contributed by atoms with van der Waals surface area (Å²) in [6.07, 6.45) is -4.16. The number of nitrogens with zero attached hydrogens (tertiary/aromatic N) is 4. The standard InChI is InChI=1S/C19H16F3N5O/c1-11-8-16(24-14-6-7-26(18(14)28)10-19(20,21)22)27-15-5-3-2-4-13(15)25-17(27)12(11)9-23/h2-5,8,14,24H,6-7,10H2,1H3. The number of nitrogens with one attached hydrogen (secondary N) is 1. The maximum atomic E-state index is 12.7. The summed E-state index contributed by atoms with van der Waals surface area (Å²) in [6, 6.07) is 10.4. The van der Waals surface area contributed by atoms with Crippen molar-refractivity contribution in [2.24, 2.45) is 0 Å². The minimum atomic E-state index is -4.43. The molecule has 0 spiro atoms. The Kier molecular flexibility index (Phi) is 4.14. The van der Waals surface area contributed by atoms with Crippen LogP contribution in [0, 0.1) is 18.3 Å². The molecule has 0 aliphatic carbocycles. The van der Waals surface area contributed by atoms with E-state index in [1.54, 1.807) is 17.4 Å². The first-order valence-corrected chi connectivity index (χ1v) is 8.71. The number of hydrogen-bond acceptors (Lipinski definition) is 4. The van der Waals surface area contributed by atoms with E-state index >= 15 is 0 Å². The molecule has 1 aliphatic heterocycles. The van der Waals surface area contributed by atoms with Crippen LogP contribution in [0.2, 0.25) is 0 Å². The number of likely N-dealkylation sites (tertiary alicyclic amines) is 1. The minimum absolute atomic E-state index is 0.0408. The Morgan fingerprint density at radius 1 is 1.36 bits per heavy atom. The average molecular weight is 387 g/mol. The Morgan fingerprint density at radius 2 is 2.11 bits per heavy atom. The number of aryl methyl sites for hydroxylation is 1. The molecule has 0 radical (unpaired) electrons. The normalized spacial score (nSPS) is 17.5. The molecule has 0 bridgehead atoms. The van der Waals surface area contributed by atoms with Gasteiger partial charge in [0.1, 0.15) is 24.5 Å². The van der Waals surface area contributed by atoms with Crippen LogP contribution in [-0.2, 0) is 4.79 Å². The van der Waals surface area contributed by atoms with Crippen molar-refractivity contribution in [2.75, 3.05) is 18.4 Å². The molecule has 1 fully saturated rings. The van der Waals surface area contributed by atoms with Crippen LogP contribution in [0.5, 0.6) is 0 Å². The van der Waals surface area contributed by atoms with E-state index in [4.69, 9.17) is 0 Å². The number of alkyl halides is 3. The predicted molar refractivity (Wildman–Crippen MR) is 96.8 cm³/mol. The monoisotopic (exact) mass is 387 g/mol. The first kappa shape index (κ1) is 18.1. The second kappa shape index (κ2) is 6.41. The third-order valence-electron chi connectivity index (χ3n) is 4.87. The van der Waals surface area contributed by atoms with Gasteiger partial charge in [-0.25, -0.2) is 4.98 Å². The van der Waals surface area contributed by atoms with Crippen LogP contribution in [0.15, 0.2) is 30.3 Å². The number of fused-ring (bicyclic) bond motifs is 3. The maximum Gasteiger partial charge on any atom is 0.406 e. The number of benzene rings is 1. The van der Waals surface area contributed by atoms with Gasteiger partial charge in [0.15, 0.2) is 5.65 Å². The second-order valence-electron chi connectivity index (χ2n) is 6.82. The second-order valence-corrected chi connectivity index (χ2v) is 6.82. The molecule has 144 valence electrons. The minimum Gasteiger partial charge on any atom is -0.359 e. The van der Waals surface area contributed by atoms with Crippen molar-refractivity contribution < 1.29 is 18.0 Å². The Balaban J connectivity index is 1.76. The summed E-state index contributed by atoms with van der Waals surface area (Å²) < 4.78 is 39.7. The van der Waals surface area contributed by atoms with Gasteiger partial charge < -0.3 is 10.2 Å². The summed E-state index contributed by atoms with van der Waals surface area (Å²) in [5, 5.41) is 12.6. The summed E-state index contributed by atoms with van der Waals surface area (Å²) in [7, 11) is 0. The molecule has 2 aromatic heterocycles. The Morgan fingerprint density at radius 3 is 2.82 bits per heavy atom. The lowest BCUT2D eigenvalue weighted by molar-refractivity contribution is -0.157. The van der Waals surface area contributed by atoms with Crippen LogP contribution in [-0.4, -0.2) is 45.5 Å². The first-order chi connectivity index (χ1) is 13.3. The van der Waals surface area contributed by atoms with Crippen LogP contribution >= 0.6 is 0 Å². The van der Waals surface area contributed by atoms with E-state index in [1.807, 2.05) is 24.3 Å². The molecule has 1 saturated heterocycles. The molecule has 28 heavy (non-hydrogen) atoms. The molecule has 1 unspecified atom stereocenters. The van der Waals surface area contributed by atoms with Crippen LogP contribution < -0.4 is 5.32 Å². The van der Waals surface area contributed by atoms with E-state index < -0.39 is 24.7 Å². The fourth-order valence-electron chi connectivity index (χ4n) is 3.62. The Labute approximate surface area is 158 Å². The number of pyridine rings is 1. The quantitative estimate of drug-likeness (QED) is 0.749. The van der Waals surface area contributed by atoms with Gasteiger partial charge in [-0.15, -0.1) is 0 Å². The van der Waals surface area contributed by atoms with Gasteiger partial charge in [-0.3, -0.25) is 9.20 Å². The first-order valence-electron chi connectivity index (χ1n) is 8.71. The number of imidazole rings is 1. The third-order valence-corrected chi connectivity index (χ3v) is 4.87. The Bertz CT molecular complexity index is 1130. The molecule has 1 amide bonds. The molecule has 1 aliphatic rings. The van der Waals surface area contributed by atoms with E-state index in [0.717, 1.165) is 10.4 Å². The number of carbonyl (C=O) groups excluding carboxylic acids is 1. The number of anilines is 1. The molecule has 1 aromatic carbocycles. The summed E-state index contributed by atoms with van der Waals surface area (Å²) >= 11 is 0. The predicted octanol–water partition coefficient (Wildman–Crippen LogP) is 3.24. The number of rotatable bonds is 3.